The fourth-order valence-corrected chi connectivity index (χ4v) is 6.78. The van der Waals surface area contributed by atoms with E-state index in [1.54, 1.807) is 13.0 Å². The topological polar surface area (TPSA) is 125 Å². The van der Waals surface area contributed by atoms with Gasteiger partial charge in [-0.05, 0) is 45.8 Å². The number of aryl methyl sites for hydroxylation is 3. The molecule has 3 aliphatic rings. The van der Waals surface area contributed by atoms with Crippen LogP contribution in [0.25, 0.3) is 0 Å². The highest BCUT2D eigenvalue weighted by atomic mass is 32.2. The number of rotatable bonds is 8. The molecule has 1 aliphatic heterocycles. The molecule has 1 unspecified atom stereocenters. The summed E-state index contributed by atoms with van der Waals surface area (Å²) in [6.45, 7) is 4.64. The highest BCUT2D eigenvalue weighted by Gasteiger charge is 2.49. The Kier molecular flexibility index (Phi) is 6.04. The predicted molar refractivity (Wildman–Crippen MR) is 129 cm³/mol. The van der Waals surface area contributed by atoms with Gasteiger partial charge in [-0.25, -0.2) is 27.3 Å². The number of nitrogens with zero attached hydrogens (tertiary/aromatic N) is 4. The molecule has 2 aromatic heterocycles. The fourth-order valence-electron chi connectivity index (χ4n) is 4.26. The molecule has 0 spiro atoms. The molecule has 1 atom stereocenters. The molecule has 190 valence electrons. The van der Waals surface area contributed by atoms with E-state index in [1.807, 2.05) is 13.8 Å². The molecular formula is C23H25FN5O5S2+. The standard InChI is InChI=1S/C23H25FN5O5S2/c1-13-8-16(34-26-13)10-29-21(30)18-9-17(36(32,33)27-23(12-24)6-7-23)4-5-19(18)28(22(29)31)11-20-14(2)25-15(3)35-20/h4-5,8-9,17,27H,6-7,10-12H2,1-3H3/q+1. The molecule has 36 heavy (non-hydrogen) atoms. The molecule has 0 radical (unpaired) electrons. The lowest BCUT2D eigenvalue weighted by molar-refractivity contribution is -0.452. The van der Waals surface area contributed by atoms with Gasteiger partial charge in [0, 0.05) is 6.07 Å². The van der Waals surface area contributed by atoms with E-state index in [4.69, 9.17) is 4.52 Å². The zero-order chi connectivity index (χ0) is 25.8. The molecule has 10 nitrogen and oxygen atoms in total. The van der Waals surface area contributed by atoms with E-state index in [0.717, 1.165) is 20.5 Å². The van der Waals surface area contributed by atoms with E-state index in [1.165, 1.54) is 34.1 Å². The lowest BCUT2D eigenvalue weighted by Gasteiger charge is -2.26. The van der Waals surface area contributed by atoms with Crippen molar-refractivity contribution < 1.29 is 31.5 Å². The number of fused-ring (bicyclic) bond motifs is 1. The molecule has 0 aromatic carbocycles. The van der Waals surface area contributed by atoms with Gasteiger partial charge in [-0.2, -0.15) is 9.37 Å². The van der Waals surface area contributed by atoms with Gasteiger partial charge in [-0.1, -0.05) is 11.2 Å². The summed E-state index contributed by atoms with van der Waals surface area (Å²) >= 11 is 1.44. The molecule has 0 bridgehead atoms. The molecule has 0 saturated heterocycles. The lowest BCUT2D eigenvalue weighted by Crippen LogP contribution is -2.51. The third-order valence-electron chi connectivity index (χ3n) is 6.40. The molecule has 3 heterocycles. The number of hydrogen-bond acceptors (Lipinski definition) is 8. The average molecular weight is 535 g/mol. The average Bonchev–Trinajstić information content (AvgIpc) is 3.35. The van der Waals surface area contributed by atoms with Crippen LogP contribution in [0.3, 0.4) is 0 Å². The second-order valence-electron chi connectivity index (χ2n) is 9.29. The summed E-state index contributed by atoms with van der Waals surface area (Å²) in [7, 11) is -4.01. The fraction of sp³-hybridized carbons (Fsp3) is 0.435. The zero-order valence-electron chi connectivity index (χ0n) is 19.9. The maximum atomic E-state index is 13.5. The van der Waals surface area contributed by atoms with Crippen LogP contribution in [-0.4, -0.2) is 63.1 Å². The van der Waals surface area contributed by atoms with Gasteiger partial charge in [-0.3, -0.25) is 0 Å². The molecular weight excluding hydrogens is 509 g/mol. The Bertz CT molecular complexity index is 1470. The minimum atomic E-state index is -4.01. The number of amides is 3. The number of nitrogens with one attached hydrogen (secondary N) is 1. The Hall–Kier alpha value is -3.03. The van der Waals surface area contributed by atoms with Crippen LogP contribution in [0.4, 0.5) is 9.18 Å². The van der Waals surface area contributed by atoms with E-state index < -0.39 is 39.4 Å². The van der Waals surface area contributed by atoms with E-state index in [0.29, 0.717) is 30.0 Å². The van der Waals surface area contributed by atoms with Gasteiger partial charge in [0.15, 0.2) is 12.3 Å². The van der Waals surface area contributed by atoms with E-state index in [9.17, 15) is 22.4 Å². The highest BCUT2D eigenvalue weighted by molar-refractivity contribution is 7.90. The highest BCUT2D eigenvalue weighted by Crippen LogP contribution is 2.37. The number of thiazole rings is 1. The molecule has 5 rings (SSSR count). The SMILES string of the molecule is Cc1cc(CN2C(=O)C3=CC(S(=O)(=O)NC4(CF)CC4)C=CC3=[N+](Cc3sc(C)nc3C)C2=O)on1. The van der Waals surface area contributed by atoms with Crippen molar-refractivity contribution >= 4 is 39.0 Å². The monoisotopic (exact) mass is 534 g/mol. The minimum Gasteiger partial charge on any atom is -0.357 e. The van der Waals surface area contributed by atoms with Crippen LogP contribution in [0.1, 0.15) is 39.9 Å². The van der Waals surface area contributed by atoms with Crippen LogP contribution >= 0.6 is 11.3 Å². The molecule has 1 saturated carbocycles. The van der Waals surface area contributed by atoms with Crippen LogP contribution in [-0.2, 0) is 27.9 Å². The maximum absolute atomic E-state index is 13.5. The van der Waals surface area contributed by atoms with E-state index in [-0.39, 0.29) is 18.7 Å². The third kappa shape index (κ3) is 4.46. The molecule has 2 aliphatic carbocycles. The first-order valence-corrected chi connectivity index (χ1v) is 13.7. The van der Waals surface area contributed by atoms with Gasteiger partial charge >= 0.3 is 11.9 Å². The number of carbonyl (C=O) groups excluding carboxylic acids is 2. The van der Waals surface area contributed by atoms with Crippen molar-refractivity contribution in [3.05, 3.63) is 56.9 Å². The summed E-state index contributed by atoms with van der Waals surface area (Å²) in [5.74, 6) is -0.326. The summed E-state index contributed by atoms with van der Waals surface area (Å²) in [4.78, 5) is 33.3. The molecule has 2 aromatic rings. The van der Waals surface area contributed by atoms with Crippen molar-refractivity contribution in [2.75, 3.05) is 6.67 Å². The minimum absolute atomic E-state index is 0.0766. The van der Waals surface area contributed by atoms with Gasteiger partial charge in [0.2, 0.25) is 10.0 Å². The first-order valence-electron chi connectivity index (χ1n) is 11.4. The summed E-state index contributed by atoms with van der Waals surface area (Å²) in [5.41, 5.74) is 0.689. The normalized spacial score (nSPS) is 21.2. The van der Waals surface area contributed by atoms with E-state index in [2.05, 4.69) is 14.9 Å². The number of allylic oxidation sites excluding steroid dienone is 1. The van der Waals surface area contributed by atoms with Gasteiger partial charge in [0.25, 0.3) is 0 Å². The number of imide groups is 1. The first kappa shape index (κ1) is 24.7. The Morgan fingerprint density at radius 2 is 2.06 bits per heavy atom. The van der Waals surface area contributed by atoms with Crippen molar-refractivity contribution in [3.63, 3.8) is 0 Å². The van der Waals surface area contributed by atoms with Gasteiger partial charge < -0.3 is 4.52 Å². The maximum Gasteiger partial charge on any atom is 0.502 e. The largest absolute Gasteiger partial charge is 0.502 e. The number of hydrogen-bond donors (Lipinski definition) is 1. The number of alkyl halides is 1. The van der Waals surface area contributed by atoms with Crippen LogP contribution in [0, 0.1) is 20.8 Å². The third-order valence-corrected chi connectivity index (χ3v) is 9.18. The molecule has 13 heteroatoms. The Labute approximate surface area is 211 Å². The van der Waals surface area contributed by atoms with Gasteiger partial charge in [0.1, 0.15) is 29.8 Å². The second kappa shape index (κ2) is 8.82. The van der Waals surface area contributed by atoms with Crippen molar-refractivity contribution in [1.82, 2.24) is 19.8 Å². The Morgan fingerprint density at radius 3 is 2.64 bits per heavy atom. The summed E-state index contributed by atoms with van der Waals surface area (Å²) in [6, 6.07) is 1.06. The van der Waals surface area contributed by atoms with Crippen molar-refractivity contribution in [2.45, 2.75) is 57.5 Å². The van der Waals surface area contributed by atoms with Crippen molar-refractivity contribution in [2.24, 2.45) is 0 Å². The Morgan fingerprint density at radius 1 is 1.31 bits per heavy atom. The van der Waals surface area contributed by atoms with Crippen molar-refractivity contribution in [1.29, 1.82) is 0 Å². The number of urea groups is 1. The lowest BCUT2D eigenvalue weighted by atomic mass is 9.99. The van der Waals surface area contributed by atoms with Gasteiger partial charge in [0.05, 0.1) is 26.8 Å². The Balaban J connectivity index is 1.55. The smallest absolute Gasteiger partial charge is 0.357 e. The summed E-state index contributed by atoms with van der Waals surface area (Å²) < 4.78 is 48.5. The van der Waals surface area contributed by atoms with Crippen LogP contribution < -0.4 is 4.72 Å². The molecule has 3 amide bonds. The van der Waals surface area contributed by atoms with Crippen molar-refractivity contribution in [3.8, 4) is 0 Å². The number of carbonyl (C=O) groups is 2. The zero-order valence-corrected chi connectivity index (χ0v) is 21.6. The van der Waals surface area contributed by atoms with Crippen LogP contribution in [0.5, 0.6) is 0 Å². The van der Waals surface area contributed by atoms with Crippen LogP contribution in [0.2, 0.25) is 0 Å². The molecule has 1 N–H and O–H groups in total. The number of aromatic nitrogens is 2. The summed E-state index contributed by atoms with van der Waals surface area (Å²) in [5, 5.41) is 3.46. The second-order valence-corrected chi connectivity index (χ2v) is 12.4. The number of halogens is 1. The first-order chi connectivity index (χ1) is 17.0. The predicted octanol–water partition coefficient (Wildman–Crippen LogP) is 2.46. The van der Waals surface area contributed by atoms with Gasteiger partial charge in [-0.15, -0.1) is 16.2 Å². The number of sulfonamides is 1. The summed E-state index contributed by atoms with van der Waals surface area (Å²) in [6.07, 6.45) is 5.04. The molecule has 1 fully saturated rings. The quantitative estimate of drug-likeness (QED) is 0.516. The van der Waals surface area contributed by atoms with E-state index >= 15 is 0 Å². The van der Waals surface area contributed by atoms with Crippen LogP contribution in [0.15, 0.2) is 34.4 Å².